The Kier molecular flexibility index (Phi) is 5.38. The number of carbonyl (C=O) groups is 1. The third-order valence-electron chi connectivity index (χ3n) is 3.01. The van der Waals surface area contributed by atoms with Gasteiger partial charge in [-0.15, -0.1) is 0 Å². The van der Waals surface area contributed by atoms with Gasteiger partial charge in [0.05, 0.1) is 5.69 Å². The van der Waals surface area contributed by atoms with Gasteiger partial charge < -0.3 is 10.1 Å². The molecule has 2 aromatic rings. The van der Waals surface area contributed by atoms with E-state index in [1.165, 1.54) is 6.20 Å². The van der Waals surface area contributed by atoms with E-state index in [2.05, 4.69) is 10.4 Å². The molecule has 1 heterocycles. The first-order valence-corrected chi connectivity index (χ1v) is 6.96. The maximum absolute atomic E-state index is 12.5. The molecule has 0 radical (unpaired) electrons. The van der Waals surface area contributed by atoms with E-state index in [1.807, 2.05) is 0 Å². The van der Waals surface area contributed by atoms with E-state index in [0.29, 0.717) is 18.8 Å². The molecule has 124 valence electrons. The highest BCUT2D eigenvalue weighted by molar-refractivity contribution is 5.77. The average molecular weight is 327 g/mol. The van der Waals surface area contributed by atoms with Gasteiger partial charge in [0.15, 0.2) is 5.69 Å². The van der Waals surface area contributed by atoms with Crippen LogP contribution >= 0.6 is 0 Å². The molecule has 23 heavy (non-hydrogen) atoms. The molecule has 5 nitrogen and oxygen atoms in total. The third kappa shape index (κ3) is 4.82. The molecule has 1 aromatic heterocycles. The minimum absolute atomic E-state index is 0.00207. The summed E-state index contributed by atoms with van der Waals surface area (Å²) >= 11 is 0. The number of alkyl halides is 3. The number of rotatable bonds is 6. The molecule has 0 aliphatic rings. The molecule has 0 saturated heterocycles. The molecule has 2 rings (SSSR count). The molecule has 0 aliphatic heterocycles. The summed E-state index contributed by atoms with van der Waals surface area (Å²) in [6.07, 6.45) is -3.21. The molecular formula is C15H16F3N3O2. The Morgan fingerprint density at radius 1 is 1.26 bits per heavy atom. The van der Waals surface area contributed by atoms with E-state index in [9.17, 15) is 18.0 Å². The second-order valence-electron chi connectivity index (χ2n) is 4.72. The average Bonchev–Trinajstić information content (AvgIpc) is 3.01. The molecule has 1 N–H and O–H groups in total. The smallest absolute Gasteiger partial charge is 0.372 e. The van der Waals surface area contributed by atoms with E-state index >= 15 is 0 Å². The summed E-state index contributed by atoms with van der Waals surface area (Å²) in [7, 11) is 0. The summed E-state index contributed by atoms with van der Waals surface area (Å²) in [5, 5.41) is 6.18. The predicted molar refractivity (Wildman–Crippen MR) is 76.9 cm³/mol. The van der Waals surface area contributed by atoms with Crippen molar-refractivity contribution in [3.05, 3.63) is 47.8 Å². The standard InChI is InChI=1S/C15H16F3N3O2/c1-2-23-10-14(22)19-9-11-3-5-12(6-4-11)21-8-7-13(20-21)15(16,17)18/h3-8H,2,9-10H2,1H3,(H,19,22). The Morgan fingerprint density at radius 2 is 1.96 bits per heavy atom. The molecular weight excluding hydrogens is 311 g/mol. The highest BCUT2D eigenvalue weighted by Crippen LogP contribution is 2.27. The highest BCUT2D eigenvalue weighted by atomic mass is 19.4. The zero-order valence-corrected chi connectivity index (χ0v) is 12.4. The van der Waals surface area contributed by atoms with Crippen molar-refractivity contribution in [2.75, 3.05) is 13.2 Å². The molecule has 0 spiro atoms. The SMILES string of the molecule is CCOCC(=O)NCc1ccc(-n2ccc(C(F)(F)F)n2)cc1. The van der Waals surface area contributed by atoms with Crippen molar-refractivity contribution in [3.63, 3.8) is 0 Å². The molecule has 0 unspecified atom stereocenters. The minimum atomic E-state index is -4.46. The lowest BCUT2D eigenvalue weighted by molar-refractivity contribution is -0.141. The van der Waals surface area contributed by atoms with Gasteiger partial charge in [-0.05, 0) is 30.7 Å². The van der Waals surface area contributed by atoms with E-state index < -0.39 is 11.9 Å². The number of aromatic nitrogens is 2. The molecule has 0 atom stereocenters. The quantitative estimate of drug-likeness (QED) is 0.887. The number of carbonyl (C=O) groups excluding carboxylic acids is 1. The van der Waals surface area contributed by atoms with Crippen LogP contribution in [0.2, 0.25) is 0 Å². The normalized spacial score (nSPS) is 11.5. The van der Waals surface area contributed by atoms with Crippen molar-refractivity contribution in [1.82, 2.24) is 15.1 Å². The zero-order valence-electron chi connectivity index (χ0n) is 12.4. The first kappa shape index (κ1) is 17.0. The van der Waals surface area contributed by atoms with Crippen molar-refractivity contribution < 1.29 is 22.7 Å². The first-order valence-electron chi connectivity index (χ1n) is 6.96. The van der Waals surface area contributed by atoms with E-state index in [-0.39, 0.29) is 12.5 Å². The monoisotopic (exact) mass is 327 g/mol. The number of benzene rings is 1. The molecule has 8 heteroatoms. The van der Waals surface area contributed by atoms with Gasteiger partial charge in [0.1, 0.15) is 6.61 Å². The van der Waals surface area contributed by atoms with Crippen LogP contribution in [-0.2, 0) is 22.3 Å². The van der Waals surface area contributed by atoms with Gasteiger partial charge >= 0.3 is 6.18 Å². The van der Waals surface area contributed by atoms with E-state index in [4.69, 9.17) is 4.74 Å². The highest BCUT2D eigenvalue weighted by Gasteiger charge is 2.33. The molecule has 1 amide bonds. The fourth-order valence-corrected chi connectivity index (χ4v) is 1.83. The summed E-state index contributed by atoms with van der Waals surface area (Å²) < 4.78 is 43.7. The van der Waals surface area contributed by atoms with Crippen LogP contribution in [0.25, 0.3) is 5.69 Å². The summed E-state index contributed by atoms with van der Waals surface area (Å²) in [6.45, 7) is 2.58. The third-order valence-corrected chi connectivity index (χ3v) is 3.01. The Morgan fingerprint density at radius 3 is 2.52 bits per heavy atom. The van der Waals surface area contributed by atoms with Gasteiger partial charge in [0.25, 0.3) is 0 Å². The lowest BCUT2D eigenvalue weighted by atomic mass is 10.2. The zero-order chi connectivity index (χ0) is 16.9. The Labute approximate surface area is 131 Å². The van der Waals surface area contributed by atoms with Crippen LogP contribution in [-0.4, -0.2) is 28.9 Å². The van der Waals surface area contributed by atoms with Crippen LogP contribution in [0.4, 0.5) is 13.2 Å². The molecule has 0 aliphatic carbocycles. The number of ether oxygens (including phenoxy) is 1. The first-order chi connectivity index (χ1) is 10.9. The molecule has 0 bridgehead atoms. The lowest BCUT2D eigenvalue weighted by Gasteiger charge is -2.07. The number of hydrogen-bond donors (Lipinski definition) is 1. The minimum Gasteiger partial charge on any atom is -0.372 e. The maximum Gasteiger partial charge on any atom is 0.435 e. The largest absolute Gasteiger partial charge is 0.435 e. The van der Waals surface area contributed by atoms with Crippen LogP contribution in [0, 0.1) is 0 Å². The van der Waals surface area contributed by atoms with Crippen molar-refractivity contribution >= 4 is 5.91 Å². The van der Waals surface area contributed by atoms with Crippen LogP contribution in [0.3, 0.4) is 0 Å². The number of nitrogens with zero attached hydrogens (tertiary/aromatic N) is 2. The molecule has 0 saturated carbocycles. The second-order valence-corrected chi connectivity index (χ2v) is 4.72. The summed E-state index contributed by atoms with van der Waals surface area (Å²) in [5.41, 5.74) is 0.386. The van der Waals surface area contributed by atoms with Gasteiger partial charge in [-0.25, -0.2) is 4.68 Å². The van der Waals surface area contributed by atoms with Gasteiger partial charge in [-0.3, -0.25) is 4.79 Å². The van der Waals surface area contributed by atoms with Crippen LogP contribution in [0.15, 0.2) is 36.5 Å². The van der Waals surface area contributed by atoms with E-state index in [0.717, 1.165) is 16.3 Å². The number of amides is 1. The fraction of sp³-hybridized carbons (Fsp3) is 0.333. The summed E-state index contributed by atoms with van der Waals surface area (Å²) in [5.74, 6) is -0.224. The van der Waals surface area contributed by atoms with Crippen LogP contribution < -0.4 is 5.32 Å². The van der Waals surface area contributed by atoms with Crippen molar-refractivity contribution in [3.8, 4) is 5.69 Å². The summed E-state index contributed by atoms with van der Waals surface area (Å²) in [6, 6.07) is 7.62. The lowest BCUT2D eigenvalue weighted by Crippen LogP contribution is -2.27. The Balaban J connectivity index is 1.97. The maximum atomic E-state index is 12.5. The van der Waals surface area contributed by atoms with Gasteiger partial charge in [0.2, 0.25) is 5.91 Å². The number of nitrogens with one attached hydrogen (secondary N) is 1. The fourth-order valence-electron chi connectivity index (χ4n) is 1.83. The van der Waals surface area contributed by atoms with E-state index in [1.54, 1.807) is 31.2 Å². The van der Waals surface area contributed by atoms with Gasteiger partial charge in [-0.1, -0.05) is 12.1 Å². The molecule has 1 aromatic carbocycles. The van der Waals surface area contributed by atoms with Crippen LogP contribution in [0.1, 0.15) is 18.2 Å². The summed E-state index contributed by atoms with van der Waals surface area (Å²) in [4.78, 5) is 11.4. The number of halogens is 3. The van der Waals surface area contributed by atoms with Crippen molar-refractivity contribution in [2.24, 2.45) is 0 Å². The molecule has 0 fully saturated rings. The Bertz CT molecular complexity index is 651. The van der Waals surface area contributed by atoms with Crippen LogP contribution in [0.5, 0.6) is 0 Å². The van der Waals surface area contributed by atoms with Crippen molar-refractivity contribution in [2.45, 2.75) is 19.6 Å². The topological polar surface area (TPSA) is 56.1 Å². The Hall–Kier alpha value is -2.35. The second kappa shape index (κ2) is 7.28. The predicted octanol–water partition coefficient (Wildman–Crippen LogP) is 2.54. The van der Waals surface area contributed by atoms with Gasteiger partial charge in [0, 0.05) is 19.3 Å². The number of hydrogen-bond acceptors (Lipinski definition) is 3. The van der Waals surface area contributed by atoms with Crippen molar-refractivity contribution in [1.29, 1.82) is 0 Å². The van der Waals surface area contributed by atoms with Gasteiger partial charge in [-0.2, -0.15) is 18.3 Å².